The number of hydrogen-bond acceptors (Lipinski definition) is 2. The molecule has 0 aliphatic rings. The maximum Gasteiger partial charge on any atom is 0.274 e. The van der Waals surface area contributed by atoms with Crippen LogP contribution in [-0.4, -0.2) is 15.3 Å². The molecule has 4 rings (SSSR count). The third-order valence-electron chi connectivity index (χ3n) is 4.32. The van der Waals surface area contributed by atoms with E-state index in [4.69, 9.17) is 11.6 Å². The highest BCUT2D eigenvalue weighted by Crippen LogP contribution is 2.25. The maximum absolute atomic E-state index is 12.7. The fraction of sp³-hybridized carbons (Fsp3) is 0.0476. The molecule has 26 heavy (non-hydrogen) atoms. The van der Waals surface area contributed by atoms with E-state index < -0.39 is 0 Å². The molecule has 0 fully saturated rings. The summed E-state index contributed by atoms with van der Waals surface area (Å²) in [5.74, 6) is -0.257. The molecule has 2 aromatic carbocycles. The summed E-state index contributed by atoms with van der Waals surface area (Å²) in [5, 5.41) is 3.34. The summed E-state index contributed by atoms with van der Waals surface area (Å²) in [6.45, 7) is 2.07. The van der Waals surface area contributed by atoms with Gasteiger partial charge in [0.15, 0.2) is 0 Å². The number of para-hydroxylation sites is 1. The average Bonchev–Trinajstić information content (AvgIpc) is 3.07. The second-order valence-electron chi connectivity index (χ2n) is 6.04. The number of benzene rings is 2. The number of amides is 1. The van der Waals surface area contributed by atoms with E-state index in [9.17, 15) is 4.79 Å². The van der Waals surface area contributed by atoms with Crippen LogP contribution in [-0.2, 0) is 0 Å². The topological polar surface area (TPSA) is 46.4 Å². The smallest absolute Gasteiger partial charge is 0.274 e. The van der Waals surface area contributed by atoms with Crippen molar-refractivity contribution in [2.24, 2.45) is 0 Å². The van der Waals surface area contributed by atoms with Gasteiger partial charge in [0.25, 0.3) is 5.91 Å². The van der Waals surface area contributed by atoms with Gasteiger partial charge in [-0.3, -0.25) is 9.20 Å². The van der Waals surface area contributed by atoms with Crippen LogP contribution < -0.4 is 5.32 Å². The zero-order chi connectivity index (χ0) is 18.1. The van der Waals surface area contributed by atoms with Crippen LogP contribution in [0.4, 0.5) is 5.69 Å². The standard InChI is InChI=1S/C21H16ClN3O/c1-14-6-2-3-7-16(14)15-10-11-20-23-12-19(25(20)13-15)21(26)24-18-9-5-4-8-17(18)22/h2-13H,1H3,(H,24,26). The Hall–Kier alpha value is -3.11. The van der Waals surface area contributed by atoms with Gasteiger partial charge in [-0.05, 0) is 47.9 Å². The Morgan fingerprint density at radius 1 is 1.04 bits per heavy atom. The van der Waals surface area contributed by atoms with E-state index >= 15 is 0 Å². The molecule has 4 aromatic rings. The van der Waals surface area contributed by atoms with Gasteiger partial charge in [-0.15, -0.1) is 0 Å². The molecule has 0 saturated heterocycles. The van der Waals surface area contributed by atoms with Crippen LogP contribution in [0, 0.1) is 6.92 Å². The van der Waals surface area contributed by atoms with Crippen molar-refractivity contribution in [2.45, 2.75) is 6.92 Å². The third-order valence-corrected chi connectivity index (χ3v) is 4.65. The lowest BCUT2D eigenvalue weighted by molar-refractivity contribution is 0.102. The Labute approximate surface area is 156 Å². The van der Waals surface area contributed by atoms with Gasteiger partial charge in [0.1, 0.15) is 11.3 Å². The van der Waals surface area contributed by atoms with Crippen molar-refractivity contribution in [2.75, 3.05) is 5.32 Å². The van der Waals surface area contributed by atoms with Gasteiger partial charge in [0.05, 0.1) is 16.9 Å². The van der Waals surface area contributed by atoms with Crippen molar-refractivity contribution < 1.29 is 4.79 Å². The van der Waals surface area contributed by atoms with E-state index in [-0.39, 0.29) is 5.91 Å². The van der Waals surface area contributed by atoms with E-state index in [1.807, 2.05) is 42.6 Å². The van der Waals surface area contributed by atoms with Gasteiger partial charge in [-0.25, -0.2) is 4.98 Å². The number of carbonyl (C=O) groups excluding carboxylic acids is 1. The number of aromatic nitrogens is 2. The Bertz CT molecular complexity index is 1120. The minimum absolute atomic E-state index is 0.257. The predicted molar refractivity (Wildman–Crippen MR) is 105 cm³/mol. The summed E-state index contributed by atoms with van der Waals surface area (Å²) in [4.78, 5) is 17.1. The molecule has 0 aliphatic heterocycles. The Balaban J connectivity index is 1.74. The second-order valence-corrected chi connectivity index (χ2v) is 6.45. The highest BCUT2D eigenvalue weighted by molar-refractivity contribution is 6.33. The maximum atomic E-state index is 12.7. The highest BCUT2D eigenvalue weighted by Gasteiger charge is 2.14. The first-order valence-corrected chi connectivity index (χ1v) is 8.60. The van der Waals surface area contributed by atoms with Gasteiger partial charge in [-0.1, -0.05) is 48.0 Å². The van der Waals surface area contributed by atoms with Gasteiger partial charge in [-0.2, -0.15) is 0 Å². The van der Waals surface area contributed by atoms with Crippen LogP contribution in [0.25, 0.3) is 16.8 Å². The number of pyridine rings is 1. The van der Waals surface area contributed by atoms with Crippen LogP contribution in [0.2, 0.25) is 5.02 Å². The molecule has 0 saturated carbocycles. The first-order valence-electron chi connectivity index (χ1n) is 8.22. The first kappa shape index (κ1) is 16.4. The molecule has 0 unspecified atom stereocenters. The molecule has 2 heterocycles. The molecule has 5 heteroatoms. The number of hydrogen-bond donors (Lipinski definition) is 1. The number of nitrogens with one attached hydrogen (secondary N) is 1. The summed E-state index contributed by atoms with van der Waals surface area (Å²) < 4.78 is 1.80. The predicted octanol–water partition coefficient (Wildman–Crippen LogP) is 5.22. The van der Waals surface area contributed by atoms with Gasteiger partial charge < -0.3 is 5.32 Å². The molecule has 0 atom stereocenters. The van der Waals surface area contributed by atoms with Gasteiger partial charge >= 0.3 is 0 Å². The molecular formula is C21H16ClN3O. The molecule has 2 aromatic heterocycles. The lowest BCUT2D eigenvalue weighted by Gasteiger charge is -2.09. The minimum atomic E-state index is -0.257. The number of halogens is 1. The molecule has 0 aliphatic carbocycles. The third kappa shape index (κ3) is 2.95. The lowest BCUT2D eigenvalue weighted by atomic mass is 10.0. The number of rotatable bonds is 3. The average molecular weight is 362 g/mol. The highest BCUT2D eigenvalue weighted by atomic mass is 35.5. The number of fused-ring (bicyclic) bond motifs is 1. The normalized spacial score (nSPS) is 10.8. The van der Waals surface area contributed by atoms with E-state index in [1.165, 1.54) is 5.56 Å². The second kappa shape index (κ2) is 6.65. The minimum Gasteiger partial charge on any atom is -0.319 e. The van der Waals surface area contributed by atoms with Crippen molar-refractivity contribution >= 4 is 28.8 Å². The molecule has 0 bridgehead atoms. The van der Waals surface area contributed by atoms with E-state index in [0.717, 1.165) is 11.1 Å². The van der Waals surface area contributed by atoms with Gasteiger partial charge in [0.2, 0.25) is 0 Å². The van der Waals surface area contributed by atoms with Crippen LogP contribution in [0.5, 0.6) is 0 Å². The fourth-order valence-electron chi connectivity index (χ4n) is 2.95. The molecule has 4 nitrogen and oxygen atoms in total. The monoisotopic (exact) mass is 361 g/mol. The van der Waals surface area contributed by atoms with Crippen molar-refractivity contribution in [3.63, 3.8) is 0 Å². The summed E-state index contributed by atoms with van der Waals surface area (Å²) in [6, 6.07) is 19.2. The largest absolute Gasteiger partial charge is 0.319 e. The fourth-order valence-corrected chi connectivity index (χ4v) is 3.14. The van der Waals surface area contributed by atoms with Crippen LogP contribution in [0.15, 0.2) is 73.1 Å². The molecule has 1 N–H and O–H groups in total. The summed E-state index contributed by atoms with van der Waals surface area (Å²) in [5.41, 5.74) is 5.07. The molecule has 0 radical (unpaired) electrons. The van der Waals surface area contributed by atoms with Crippen molar-refractivity contribution in [3.8, 4) is 11.1 Å². The van der Waals surface area contributed by atoms with Crippen molar-refractivity contribution in [1.29, 1.82) is 0 Å². The van der Waals surface area contributed by atoms with E-state index in [2.05, 4.69) is 29.4 Å². The van der Waals surface area contributed by atoms with Crippen molar-refractivity contribution in [1.82, 2.24) is 9.38 Å². The van der Waals surface area contributed by atoms with Gasteiger partial charge in [0, 0.05) is 6.20 Å². The van der Waals surface area contributed by atoms with Crippen LogP contribution >= 0.6 is 11.6 Å². The molecular weight excluding hydrogens is 346 g/mol. The Morgan fingerprint density at radius 2 is 1.81 bits per heavy atom. The van der Waals surface area contributed by atoms with Crippen LogP contribution in [0.1, 0.15) is 16.1 Å². The summed E-state index contributed by atoms with van der Waals surface area (Å²) in [6.07, 6.45) is 3.51. The molecule has 1 amide bonds. The number of anilines is 1. The molecule has 0 spiro atoms. The Morgan fingerprint density at radius 3 is 2.62 bits per heavy atom. The quantitative estimate of drug-likeness (QED) is 0.544. The zero-order valence-electron chi connectivity index (χ0n) is 14.1. The van der Waals surface area contributed by atoms with Crippen molar-refractivity contribution in [3.05, 3.63) is 89.3 Å². The number of carbonyl (C=O) groups is 1. The van der Waals surface area contributed by atoms with E-state index in [1.54, 1.807) is 22.7 Å². The number of imidazole rings is 1. The lowest BCUT2D eigenvalue weighted by Crippen LogP contribution is -2.14. The zero-order valence-corrected chi connectivity index (χ0v) is 14.9. The van der Waals surface area contributed by atoms with Crippen LogP contribution in [0.3, 0.4) is 0 Å². The molecule has 128 valence electrons. The summed E-state index contributed by atoms with van der Waals surface area (Å²) in [7, 11) is 0. The summed E-state index contributed by atoms with van der Waals surface area (Å²) >= 11 is 6.13. The SMILES string of the molecule is Cc1ccccc1-c1ccc2ncc(C(=O)Nc3ccccc3Cl)n2c1. The first-order chi connectivity index (χ1) is 12.6. The van der Waals surface area contributed by atoms with E-state index in [0.29, 0.717) is 22.1 Å². The number of aryl methyl sites for hydroxylation is 1. The number of nitrogens with zero attached hydrogens (tertiary/aromatic N) is 2. The Kier molecular flexibility index (Phi) is 4.19.